The summed E-state index contributed by atoms with van der Waals surface area (Å²) in [4.78, 5) is 16.0. The van der Waals surface area contributed by atoms with Crippen molar-refractivity contribution >= 4 is 46.4 Å². The zero-order chi connectivity index (χ0) is 15.9. The minimum absolute atomic E-state index is 0. The van der Waals surface area contributed by atoms with Crippen LogP contribution in [0.2, 0.25) is 0 Å². The zero-order valence-corrected chi connectivity index (χ0v) is 15.3. The molecule has 0 saturated carbocycles. The van der Waals surface area contributed by atoms with Crippen LogP contribution in [0.4, 0.5) is 0 Å². The first kappa shape index (κ1) is 16.4. The molecule has 25 heavy (non-hydrogen) atoms. The second-order valence-corrected chi connectivity index (χ2v) is 5.91. The van der Waals surface area contributed by atoms with Crippen molar-refractivity contribution in [2.75, 3.05) is 0 Å². The molecule has 3 aromatic heterocycles. The van der Waals surface area contributed by atoms with Gasteiger partial charge in [-0.05, 0) is 72.8 Å². The van der Waals surface area contributed by atoms with Crippen molar-refractivity contribution in [2.24, 2.45) is 0 Å². The fourth-order valence-corrected chi connectivity index (χ4v) is 2.94. The first-order valence-electron chi connectivity index (χ1n) is 7.85. The molecule has 5 heterocycles. The Balaban J connectivity index is 0.00000157. The molecule has 1 radical (unpaired) electrons. The maximum Gasteiger partial charge on any atom is 0.0658 e. The molecular weight excluding hydrogens is 455 g/mol. The van der Waals surface area contributed by atoms with Crippen LogP contribution in [0.1, 0.15) is 22.8 Å². The number of aromatic nitrogens is 4. The van der Waals surface area contributed by atoms with Gasteiger partial charge in [0.25, 0.3) is 0 Å². The summed E-state index contributed by atoms with van der Waals surface area (Å²) in [5, 5.41) is 0. The van der Waals surface area contributed by atoms with Crippen molar-refractivity contribution in [2.45, 2.75) is 0 Å². The molecule has 123 valence electrons. The topological polar surface area (TPSA) is 57.4 Å². The molecule has 2 aliphatic rings. The molecule has 0 aliphatic carbocycles. The smallest absolute Gasteiger partial charge is 0.0658 e. The van der Waals surface area contributed by atoms with Crippen LogP contribution in [-0.4, -0.2) is 19.9 Å². The van der Waals surface area contributed by atoms with Crippen molar-refractivity contribution in [1.82, 2.24) is 19.9 Å². The largest absolute Gasteiger partial charge is 0.355 e. The second-order valence-electron chi connectivity index (χ2n) is 5.91. The van der Waals surface area contributed by atoms with Crippen LogP contribution in [-0.2, 0) is 0 Å². The monoisotopic (exact) mass is 469 g/mol. The SMILES string of the molecule is C1=Cc2cc3ccc(cc4nc(cc5ccc(cc1n2)[nH]5)C=C4)[nH]3.[Tb]. The normalized spacial score (nSPS) is 12.2. The molecule has 0 atom stereocenters. The van der Waals surface area contributed by atoms with Crippen LogP contribution in [0.5, 0.6) is 0 Å². The van der Waals surface area contributed by atoms with E-state index in [1.807, 2.05) is 48.6 Å². The van der Waals surface area contributed by atoms with Gasteiger partial charge in [0.05, 0.1) is 22.8 Å². The number of H-pyrrole nitrogens is 2. The summed E-state index contributed by atoms with van der Waals surface area (Å²) in [6.07, 6.45) is 8.09. The quantitative estimate of drug-likeness (QED) is 0.347. The van der Waals surface area contributed by atoms with Crippen molar-refractivity contribution in [3.8, 4) is 0 Å². The van der Waals surface area contributed by atoms with Crippen LogP contribution in [0.3, 0.4) is 0 Å². The summed E-state index contributed by atoms with van der Waals surface area (Å²) in [6, 6.07) is 16.4. The van der Waals surface area contributed by atoms with Gasteiger partial charge in [-0.1, -0.05) is 0 Å². The second kappa shape index (κ2) is 6.65. The van der Waals surface area contributed by atoms with E-state index in [9.17, 15) is 0 Å². The first-order valence-corrected chi connectivity index (χ1v) is 7.85. The molecule has 2 N–H and O–H groups in total. The zero-order valence-electron chi connectivity index (χ0n) is 13.2. The number of hydrogen-bond acceptors (Lipinski definition) is 2. The van der Waals surface area contributed by atoms with E-state index in [0.717, 1.165) is 44.8 Å². The van der Waals surface area contributed by atoms with Gasteiger partial charge < -0.3 is 9.97 Å². The molecule has 5 heteroatoms. The van der Waals surface area contributed by atoms with Crippen LogP contribution >= 0.6 is 0 Å². The molecule has 2 aliphatic heterocycles. The Bertz CT molecular complexity index is 990. The Labute approximate surface area is 175 Å². The van der Waals surface area contributed by atoms with Gasteiger partial charge in [0.15, 0.2) is 0 Å². The molecular formula is C20H14N4Tb. The summed E-state index contributed by atoms with van der Waals surface area (Å²) < 4.78 is 0. The predicted octanol–water partition coefficient (Wildman–Crippen LogP) is 4.66. The Morgan fingerprint density at radius 1 is 0.480 bits per heavy atom. The van der Waals surface area contributed by atoms with Gasteiger partial charge in [0, 0.05) is 60.7 Å². The third kappa shape index (κ3) is 3.48. The van der Waals surface area contributed by atoms with Crippen molar-refractivity contribution < 1.29 is 38.6 Å². The Morgan fingerprint density at radius 3 is 1.04 bits per heavy atom. The van der Waals surface area contributed by atoms with Gasteiger partial charge in [-0.15, -0.1) is 0 Å². The molecule has 5 rings (SSSR count). The molecule has 0 fully saturated rings. The number of aromatic amines is 2. The van der Waals surface area contributed by atoms with Crippen LogP contribution in [0.15, 0.2) is 48.5 Å². The van der Waals surface area contributed by atoms with Crippen molar-refractivity contribution in [3.05, 3.63) is 71.3 Å². The maximum absolute atomic E-state index is 4.63. The Morgan fingerprint density at radius 2 is 0.760 bits per heavy atom. The van der Waals surface area contributed by atoms with E-state index in [2.05, 4.69) is 44.2 Å². The van der Waals surface area contributed by atoms with Crippen LogP contribution in [0.25, 0.3) is 46.4 Å². The fraction of sp³-hybridized carbons (Fsp3) is 0. The summed E-state index contributed by atoms with van der Waals surface area (Å²) in [6.45, 7) is 0. The van der Waals surface area contributed by atoms with Crippen LogP contribution in [0, 0.1) is 38.6 Å². The van der Waals surface area contributed by atoms with Gasteiger partial charge in [-0.25, -0.2) is 9.97 Å². The molecule has 3 aromatic rings. The third-order valence-corrected chi connectivity index (χ3v) is 4.04. The van der Waals surface area contributed by atoms with Gasteiger partial charge in [-0.2, -0.15) is 0 Å². The number of hydrogen-bond donors (Lipinski definition) is 2. The molecule has 4 nitrogen and oxygen atoms in total. The van der Waals surface area contributed by atoms with E-state index in [1.165, 1.54) is 0 Å². The standard InChI is InChI=1S/C20H14N4.Tb/c1-2-14-10-16-5-6-18(23-16)12-20-8-7-19(24-20)11-17-4-3-15(22-17)9-13(1)21-14;/h1-12,21,24H;. The summed E-state index contributed by atoms with van der Waals surface area (Å²) in [7, 11) is 0. The van der Waals surface area contributed by atoms with Gasteiger partial charge >= 0.3 is 0 Å². The van der Waals surface area contributed by atoms with Crippen molar-refractivity contribution in [1.29, 1.82) is 0 Å². The number of fused-ring (bicyclic) bond motifs is 8. The van der Waals surface area contributed by atoms with Gasteiger partial charge in [-0.3, -0.25) is 0 Å². The number of rotatable bonds is 0. The molecule has 0 aromatic carbocycles. The average Bonchev–Trinajstić information content (AvgIpc) is 3.32. The number of nitrogens with one attached hydrogen (secondary N) is 2. The van der Waals surface area contributed by atoms with E-state index in [-0.39, 0.29) is 38.6 Å². The number of nitrogens with zero attached hydrogens (tertiary/aromatic N) is 2. The molecule has 0 amide bonds. The van der Waals surface area contributed by atoms with E-state index < -0.39 is 0 Å². The fourth-order valence-electron chi connectivity index (χ4n) is 2.94. The van der Waals surface area contributed by atoms with Crippen molar-refractivity contribution in [3.63, 3.8) is 0 Å². The maximum atomic E-state index is 4.63. The minimum atomic E-state index is 0. The summed E-state index contributed by atoms with van der Waals surface area (Å²) >= 11 is 0. The van der Waals surface area contributed by atoms with Gasteiger partial charge in [0.1, 0.15) is 0 Å². The summed E-state index contributed by atoms with van der Waals surface area (Å²) in [5.41, 5.74) is 7.86. The molecule has 0 unspecified atom stereocenters. The van der Waals surface area contributed by atoms with E-state index in [1.54, 1.807) is 0 Å². The minimum Gasteiger partial charge on any atom is -0.355 e. The van der Waals surface area contributed by atoms with E-state index >= 15 is 0 Å². The van der Waals surface area contributed by atoms with Gasteiger partial charge in [0.2, 0.25) is 0 Å². The Hall–Kier alpha value is -2.11. The first-order chi connectivity index (χ1) is 11.8. The molecule has 8 bridgehead atoms. The molecule has 0 spiro atoms. The van der Waals surface area contributed by atoms with Crippen LogP contribution < -0.4 is 0 Å². The average molecular weight is 469 g/mol. The Kier molecular flexibility index (Phi) is 4.35. The summed E-state index contributed by atoms with van der Waals surface area (Å²) in [5.74, 6) is 0. The molecule has 0 saturated heterocycles. The predicted molar refractivity (Wildman–Crippen MR) is 98.9 cm³/mol. The van der Waals surface area contributed by atoms with E-state index in [0.29, 0.717) is 0 Å². The van der Waals surface area contributed by atoms with E-state index in [4.69, 9.17) is 0 Å². The third-order valence-electron chi connectivity index (χ3n) is 4.04.